The number of hydrogen-bond donors (Lipinski definition) is 2. The number of rotatable bonds is 5. The lowest BCUT2D eigenvalue weighted by Gasteiger charge is -2.18. The summed E-state index contributed by atoms with van der Waals surface area (Å²) in [6.45, 7) is 7.13. The van der Waals surface area contributed by atoms with Crippen molar-refractivity contribution in [1.82, 2.24) is 4.98 Å². The van der Waals surface area contributed by atoms with E-state index in [0.29, 0.717) is 28.8 Å². The number of benzene rings is 1. The fourth-order valence-corrected chi connectivity index (χ4v) is 3.38. The average molecular weight is 376 g/mol. The first kappa shape index (κ1) is 18.5. The highest BCUT2D eigenvalue weighted by molar-refractivity contribution is 6.30. The average Bonchev–Trinajstić information content (AvgIpc) is 3.06. The van der Waals surface area contributed by atoms with Crippen molar-refractivity contribution in [3.63, 3.8) is 0 Å². The highest BCUT2D eigenvalue weighted by Crippen LogP contribution is 2.34. The van der Waals surface area contributed by atoms with Crippen molar-refractivity contribution < 1.29 is 14.7 Å². The van der Waals surface area contributed by atoms with E-state index in [-0.39, 0.29) is 6.04 Å². The number of anilines is 1. The second-order valence-corrected chi connectivity index (χ2v) is 6.89. The van der Waals surface area contributed by atoms with E-state index in [2.05, 4.69) is 15.5 Å². The summed E-state index contributed by atoms with van der Waals surface area (Å²) in [5.74, 6) is 1.06. The van der Waals surface area contributed by atoms with E-state index in [9.17, 15) is 0 Å². The Labute approximate surface area is 157 Å². The molecule has 6 nitrogen and oxygen atoms in total. The quantitative estimate of drug-likeness (QED) is 0.458. The molecule has 1 unspecified atom stereocenters. The molecule has 1 fully saturated rings. The molecule has 0 radical (unpaired) electrons. The van der Waals surface area contributed by atoms with E-state index in [4.69, 9.17) is 26.3 Å². The summed E-state index contributed by atoms with van der Waals surface area (Å²) in [6, 6.07) is 5.79. The predicted octanol–water partition coefficient (Wildman–Crippen LogP) is 4.46. The van der Waals surface area contributed by atoms with Crippen molar-refractivity contribution >= 4 is 23.5 Å². The molecule has 1 atom stereocenters. The van der Waals surface area contributed by atoms with Crippen LogP contribution in [0.3, 0.4) is 0 Å². The van der Waals surface area contributed by atoms with Crippen LogP contribution in [0.1, 0.15) is 28.8 Å². The SMILES string of the molecule is Cc1cc(NC2CCOC2)c(C=NO)c(Oc2c(C)cc(Cl)cc2C)n1. The first-order chi connectivity index (χ1) is 12.5. The molecule has 0 aliphatic carbocycles. The number of hydrogen-bond acceptors (Lipinski definition) is 6. The summed E-state index contributed by atoms with van der Waals surface area (Å²) in [6.07, 6.45) is 2.25. The zero-order chi connectivity index (χ0) is 18.7. The molecule has 7 heteroatoms. The summed E-state index contributed by atoms with van der Waals surface area (Å²) in [5, 5.41) is 16.4. The molecule has 26 heavy (non-hydrogen) atoms. The molecule has 138 valence electrons. The molecule has 2 N–H and O–H groups in total. The van der Waals surface area contributed by atoms with Gasteiger partial charge in [-0.25, -0.2) is 4.98 Å². The summed E-state index contributed by atoms with van der Waals surface area (Å²) >= 11 is 6.10. The summed E-state index contributed by atoms with van der Waals surface area (Å²) in [7, 11) is 0. The lowest BCUT2D eigenvalue weighted by Crippen LogP contribution is -2.20. The van der Waals surface area contributed by atoms with Gasteiger partial charge in [0.25, 0.3) is 0 Å². The van der Waals surface area contributed by atoms with Gasteiger partial charge in [-0.2, -0.15) is 0 Å². The zero-order valence-corrected chi connectivity index (χ0v) is 15.8. The fourth-order valence-electron chi connectivity index (χ4n) is 3.06. The van der Waals surface area contributed by atoms with Crippen LogP contribution in [0.5, 0.6) is 11.6 Å². The van der Waals surface area contributed by atoms with Gasteiger partial charge < -0.3 is 20.0 Å². The minimum atomic E-state index is 0.203. The Morgan fingerprint density at radius 1 is 1.31 bits per heavy atom. The van der Waals surface area contributed by atoms with Crippen molar-refractivity contribution in [2.45, 2.75) is 33.2 Å². The Morgan fingerprint density at radius 2 is 2.04 bits per heavy atom. The first-order valence-electron chi connectivity index (χ1n) is 8.46. The van der Waals surface area contributed by atoms with Gasteiger partial charge in [-0.05, 0) is 56.5 Å². The minimum absolute atomic E-state index is 0.203. The number of aryl methyl sites for hydroxylation is 3. The van der Waals surface area contributed by atoms with Crippen LogP contribution < -0.4 is 10.1 Å². The van der Waals surface area contributed by atoms with Crippen molar-refractivity contribution in [2.24, 2.45) is 5.16 Å². The summed E-state index contributed by atoms with van der Waals surface area (Å²) in [4.78, 5) is 4.50. The number of halogens is 1. The maximum absolute atomic E-state index is 9.13. The van der Waals surface area contributed by atoms with E-state index in [1.54, 1.807) is 0 Å². The lowest BCUT2D eigenvalue weighted by atomic mass is 10.1. The van der Waals surface area contributed by atoms with Crippen molar-refractivity contribution in [2.75, 3.05) is 18.5 Å². The molecule has 2 aromatic rings. The third kappa shape index (κ3) is 4.08. The van der Waals surface area contributed by atoms with Gasteiger partial charge in [0.15, 0.2) is 0 Å². The monoisotopic (exact) mass is 375 g/mol. The predicted molar refractivity (Wildman–Crippen MR) is 102 cm³/mol. The van der Waals surface area contributed by atoms with Gasteiger partial charge in [0.1, 0.15) is 5.75 Å². The maximum atomic E-state index is 9.13. The Balaban J connectivity index is 2.01. The third-order valence-electron chi connectivity index (χ3n) is 4.25. The molecule has 0 amide bonds. The molecular weight excluding hydrogens is 354 g/mol. The molecule has 1 aromatic heterocycles. The number of aromatic nitrogens is 1. The van der Waals surface area contributed by atoms with E-state index in [1.807, 2.05) is 39.0 Å². The standard InChI is InChI=1S/C19H22ClN3O3/c1-11-6-14(20)7-12(2)18(11)26-19-16(9-21-24)17(8-13(3)22-19)23-15-4-5-25-10-15/h6-9,15,24H,4-5,10H2,1-3H3,(H,22,23). The Hall–Kier alpha value is -2.31. The number of ether oxygens (including phenoxy) is 2. The van der Waals surface area contributed by atoms with Crippen LogP contribution in [0.25, 0.3) is 0 Å². The van der Waals surface area contributed by atoms with Gasteiger partial charge in [-0.3, -0.25) is 0 Å². The van der Waals surface area contributed by atoms with Gasteiger partial charge in [-0.1, -0.05) is 16.8 Å². The highest BCUT2D eigenvalue weighted by Gasteiger charge is 2.20. The number of oxime groups is 1. The normalized spacial score (nSPS) is 17.0. The Kier molecular flexibility index (Phi) is 5.64. The van der Waals surface area contributed by atoms with Gasteiger partial charge >= 0.3 is 0 Å². The van der Waals surface area contributed by atoms with Crippen LogP contribution in [-0.4, -0.2) is 35.7 Å². The van der Waals surface area contributed by atoms with E-state index >= 15 is 0 Å². The molecule has 0 bridgehead atoms. The maximum Gasteiger partial charge on any atom is 0.230 e. The second-order valence-electron chi connectivity index (χ2n) is 6.45. The van der Waals surface area contributed by atoms with Crippen LogP contribution in [0.4, 0.5) is 5.69 Å². The third-order valence-corrected chi connectivity index (χ3v) is 4.47. The molecule has 1 aliphatic heterocycles. The Morgan fingerprint density at radius 3 is 2.65 bits per heavy atom. The fraction of sp³-hybridized carbons (Fsp3) is 0.368. The van der Waals surface area contributed by atoms with Crippen molar-refractivity contribution in [1.29, 1.82) is 0 Å². The topological polar surface area (TPSA) is 76.0 Å². The van der Waals surface area contributed by atoms with Crippen LogP contribution >= 0.6 is 11.6 Å². The van der Waals surface area contributed by atoms with Crippen molar-refractivity contribution in [3.05, 3.63) is 45.6 Å². The minimum Gasteiger partial charge on any atom is -0.438 e. The van der Waals surface area contributed by atoms with Crippen LogP contribution in [0.2, 0.25) is 5.02 Å². The van der Waals surface area contributed by atoms with E-state index in [0.717, 1.165) is 35.5 Å². The van der Waals surface area contributed by atoms with Gasteiger partial charge in [0, 0.05) is 17.3 Å². The van der Waals surface area contributed by atoms with Gasteiger partial charge in [-0.15, -0.1) is 0 Å². The molecule has 1 saturated heterocycles. The first-order valence-corrected chi connectivity index (χ1v) is 8.83. The van der Waals surface area contributed by atoms with E-state index in [1.165, 1.54) is 6.21 Å². The smallest absolute Gasteiger partial charge is 0.230 e. The molecular formula is C19H22ClN3O3. The second kappa shape index (κ2) is 7.93. The van der Waals surface area contributed by atoms with Crippen LogP contribution in [-0.2, 0) is 4.74 Å². The summed E-state index contributed by atoms with van der Waals surface area (Å²) < 4.78 is 11.5. The molecule has 1 aliphatic rings. The molecule has 0 saturated carbocycles. The van der Waals surface area contributed by atoms with Gasteiger partial charge in [0.05, 0.1) is 30.1 Å². The van der Waals surface area contributed by atoms with Crippen LogP contribution in [0.15, 0.2) is 23.4 Å². The molecule has 2 heterocycles. The summed E-state index contributed by atoms with van der Waals surface area (Å²) in [5.41, 5.74) is 3.98. The number of pyridine rings is 1. The molecule has 1 aromatic carbocycles. The Bertz CT molecular complexity index is 810. The van der Waals surface area contributed by atoms with E-state index < -0.39 is 0 Å². The van der Waals surface area contributed by atoms with Crippen molar-refractivity contribution in [3.8, 4) is 11.6 Å². The highest BCUT2D eigenvalue weighted by atomic mass is 35.5. The van der Waals surface area contributed by atoms with Gasteiger partial charge in [0.2, 0.25) is 5.88 Å². The van der Waals surface area contributed by atoms with Crippen LogP contribution in [0, 0.1) is 20.8 Å². The number of nitrogens with one attached hydrogen (secondary N) is 1. The molecule has 0 spiro atoms. The molecule has 3 rings (SSSR count). The largest absolute Gasteiger partial charge is 0.438 e. The lowest BCUT2D eigenvalue weighted by molar-refractivity contribution is 0.195. The number of nitrogens with zero attached hydrogens (tertiary/aromatic N) is 2. The zero-order valence-electron chi connectivity index (χ0n) is 15.0.